The molecule has 0 aliphatic rings. The number of carbonyl (C=O) groups is 1. The van der Waals surface area contributed by atoms with Crippen molar-refractivity contribution in [3.8, 4) is 5.75 Å². The number of nitrogens with one attached hydrogen (secondary N) is 2. The number of ether oxygens (including phenoxy) is 1. The Kier molecular flexibility index (Phi) is 6.78. The number of thioether (sulfide) groups is 1. The van der Waals surface area contributed by atoms with E-state index in [2.05, 4.69) is 20.8 Å². The minimum Gasteiger partial charge on any atom is -0.497 e. The zero-order valence-electron chi connectivity index (χ0n) is 15.5. The summed E-state index contributed by atoms with van der Waals surface area (Å²) in [5.74, 6) is 1.67. The van der Waals surface area contributed by atoms with Gasteiger partial charge < -0.3 is 19.9 Å². The molecule has 2 aromatic carbocycles. The van der Waals surface area contributed by atoms with Gasteiger partial charge in [0.2, 0.25) is 5.91 Å². The molecule has 1 heterocycles. The van der Waals surface area contributed by atoms with Crippen molar-refractivity contribution >= 4 is 40.6 Å². The number of rotatable bonds is 8. The molecule has 0 spiro atoms. The molecule has 0 aliphatic carbocycles. The molecule has 0 fully saturated rings. The molecule has 0 saturated heterocycles. The van der Waals surface area contributed by atoms with Crippen LogP contribution in [0.15, 0.2) is 53.7 Å². The molecule has 146 valence electrons. The summed E-state index contributed by atoms with van der Waals surface area (Å²) >= 11 is 7.25. The summed E-state index contributed by atoms with van der Waals surface area (Å²) in [6.07, 6.45) is 0. The van der Waals surface area contributed by atoms with Gasteiger partial charge in [-0.2, -0.15) is 0 Å². The fourth-order valence-corrected chi connectivity index (χ4v) is 3.33. The van der Waals surface area contributed by atoms with Crippen LogP contribution < -0.4 is 15.4 Å². The quantitative estimate of drug-likeness (QED) is 0.542. The fourth-order valence-electron chi connectivity index (χ4n) is 2.41. The van der Waals surface area contributed by atoms with E-state index in [0.717, 1.165) is 17.3 Å². The number of anilines is 2. The molecule has 0 unspecified atom stereocenters. The molecule has 9 heteroatoms. The molecule has 1 aromatic heterocycles. The van der Waals surface area contributed by atoms with Gasteiger partial charge in [-0.25, -0.2) is 0 Å². The molecule has 3 rings (SSSR count). The fraction of sp³-hybridized carbons (Fsp3) is 0.211. The van der Waals surface area contributed by atoms with E-state index in [1.54, 1.807) is 31.4 Å². The summed E-state index contributed by atoms with van der Waals surface area (Å²) in [5, 5.41) is 15.7. The highest BCUT2D eigenvalue weighted by Crippen LogP contribution is 2.19. The van der Waals surface area contributed by atoms with Gasteiger partial charge in [-0.05, 0) is 42.5 Å². The summed E-state index contributed by atoms with van der Waals surface area (Å²) in [6.45, 7) is 0.519. The summed E-state index contributed by atoms with van der Waals surface area (Å²) in [7, 11) is 3.51. The van der Waals surface area contributed by atoms with E-state index in [0.29, 0.717) is 22.4 Å². The Balaban J connectivity index is 1.51. The van der Waals surface area contributed by atoms with Gasteiger partial charge in [0, 0.05) is 23.4 Å². The van der Waals surface area contributed by atoms with Gasteiger partial charge in [0.05, 0.1) is 19.4 Å². The van der Waals surface area contributed by atoms with E-state index in [1.165, 1.54) is 11.8 Å². The number of nitrogens with zero attached hydrogens (tertiary/aromatic N) is 3. The van der Waals surface area contributed by atoms with Crippen LogP contribution in [0.25, 0.3) is 0 Å². The molecular formula is C19H20ClN5O2S. The maximum atomic E-state index is 12.1. The standard InChI is InChI=1S/C19H20ClN5O2S/c1-25-17(11-21-14-6-8-16(27-2)9-7-14)23-24-19(25)28-12-18(26)22-15-5-3-4-13(20)10-15/h3-10,21H,11-12H2,1-2H3,(H,22,26). The number of halogens is 1. The Morgan fingerprint density at radius 3 is 2.68 bits per heavy atom. The molecule has 0 aliphatic heterocycles. The number of aromatic nitrogens is 3. The molecule has 3 aromatic rings. The monoisotopic (exact) mass is 417 g/mol. The van der Waals surface area contributed by atoms with Crippen LogP contribution in [0.1, 0.15) is 5.82 Å². The zero-order valence-corrected chi connectivity index (χ0v) is 17.0. The van der Waals surface area contributed by atoms with Crippen molar-refractivity contribution < 1.29 is 9.53 Å². The van der Waals surface area contributed by atoms with Crippen LogP contribution in [-0.4, -0.2) is 33.5 Å². The van der Waals surface area contributed by atoms with Crippen LogP contribution in [0.4, 0.5) is 11.4 Å². The van der Waals surface area contributed by atoms with E-state index in [9.17, 15) is 4.79 Å². The van der Waals surface area contributed by atoms with Gasteiger partial charge in [0.25, 0.3) is 0 Å². The van der Waals surface area contributed by atoms with E-state index in [1.807, 2.05) is 35.9 Å². The van der Waals surface area contributed by atoms with Gasteiger partial charge in [-0.3, -0.25) is 4.79 Å². The number of hydrogen-bond donors (Lipinski definition) is 2. The highest BCUT2D eigenvalue weighted by atomic mass is 35.5. The molecule has 0 saturated carbocycles. The third kappa shape index (κ3) is 5.40. The first-order valence-electron chi connectivity index (χ1n) is 8.49. The number of carbonyl (C=O) groups excluding carboxylic acids is 1. The van der Waals surface area contributed by atoms with E-state index >= 15 is 0 Å². The number of benzene rings is 2. The first kappa shape index (κ1) is 20.0. The third-order valence-corrected chi connectivity index (χ3v) is 5.16. The summed E-state index contributed by atoms with van der Waals surface area (Å²) < 4.78 is 7.02. The molecular weight excluding hydrogens is 398 g/mol. The van der Waals surface area contributed by atoms with E-state index in [4.69, 9.17) is 16.3 Å². The van der Waals surface area contributed by atoms with Crippen molar-refractivity contribution in [1.29, 1.82) is 0 Å². The molecule has 1 amide bonds. The third-order valence-electron chi connectivity index (χ3n) is 3.91. The van der Waals surface area contributed by atoms with Gasteiger partial charge in [0.15, 0.2) is 11.0 Å². The molecule has 28 heavy (non-hydrogen) atoms. The Morgan fingerprint density at radius 1 is 1.18 bits per heavy atom. The molecule has 0 atom stereocenters. The second-order valence-corrected chi connectivity index (χ2v) is 7.27. The lowest BCUT2D eigenvalue weighted by Crippen LogP contribution is -2.14. The molecule has 7 nitrogen and oxygen atoms in total. The predicted molar refractivity (Wildman–Crippen MR) is 112 cm³/mol. The maximum absolute atomic E-state index is 12.1. The first-order chi connectivity index (χ1) is 13.5. The lowest BCUT2D eigenvalue weighted by atomic mass is 10.3. The Labute approximate surface area is 172 Å². The van der Waals surface area contributed by atoms with Gasteiger partial charge >= 0.3 is 0 Å². The van der Waals surface area contributed by atoms with Crippen molar-refractivity contribution in [1.82, 2.24) is 14.8 Å². The van der Waals surface area contributed by atoms with Crippen molar-refractivity contribution in [3.63, 3.8) is 0 Å². The second kappa shape index (κ2) is 9.48. The smallest absolute Gasteiger partial charge is 0.234 e. The van der Waals surface area contributed by atoms with Crippen LogP contribution in [0.3, 0.4) is 0 Å². The largest absolute Gasteiger partial charge is 0.497 e. The molecule has 2 N–H and O–H groups in total. The normalized spacial score (nSPS) is 10.5. The van der Waals surface area contributed by atoms with Crippen molar-refractivity contribution in [2.24, 2.45) is 7.05 Å². The van der Waals surface area contributed by atoms with E-state index < -0.39 is 0 Å². The molecule has 0 radical (unpaired) electrons. The van der Waals surface area contributed by atoms with E-state index in [-0.39, 0.29) is 11.7 Å². The predicted octanol–water partition coefficient (Wildman–Crippen LogP) is 3.82. The average Bonchev–Trinajstić information content (AvgIpc) is 3.05. The van der Waals surface area contributed by atoms with Crippen molar-refractivity contribution in [2.75, 3.05) is 23.5 Å². The van der Waals surface area contributed by atoms with Crippen molar-refractivity contribution in [2.45, 2.75) is 11.7 Å². The van der Waals surface area contributed by atoms with Gasteiger partial charge in [0.1, 0.15) is 5.75 Å². The lowest BCUT2D eigenvalue weighted by Gasteiger charge is -2.08. The van der Waals surface area contributed by atoms with Crippen LogP contribution in [0.2, 0.25) is 5.02 Å². The number of methoxy groups -OCH3 is 1. The van der Waals surface area contributed by atoms with Gasteiger partial charge in [-0.15, -0.1) is 10.2 Å². The zero-order chi connectivity index (χ0) is 19.9. The van der Waals surface area contributed by atoms with Crippen LogP contribution in [0, 0.1) is 0 Å². The van der Waals surface area contributed by atoms with Crippen LogP contribution in [-0.2, 0) is 18.4 Å². The second-order valence-electron chi connectivity index (χ2n) is 5.89. The van der Waals surface area contributed by atoms with Crippen LogP contribution >= 0.6 is 23.4 Å². The highest BCUT2D eigenvalue weighted by molar-refractivity contribution is 7.99. The number of amides is 1. The lowest BCUT2D eigenvalue weighted by molar-refractivity contribution is -0.113. The Morgan fingerprint density at radius 2 is 1.96 bits per heavy atom. The summed E-state index contributed by atoms with van der Waals surface area (Å²) in [6, 6.07) is 14.7. The highest BCUT2D eigenvalue weighted by Gasteiger charge is 2.12. The van der Waals surface area contributed by atoms with Crippen molar-refractivity contribution in [3.05, 3.63) is 59.4 Å². The minimum atomic E-state index is -0.131. The van der Waals surface area contributed by atoms with Gasteiger partial charge in [-0.1, -0.05) is 29.4 Å². The average molecular weight is 418 g/mol. The maximum Gasteiger partial charge on any atom is 0.234 e. The number of hydrogen-bond acceptors (Lipinski definition) is 6. The topological polar surface area (TPSA) is 81.1 Å². The van der Waals surface area contributed by atoms with Crippen LogP contribution in [0.5, 0.6) is 5.75 Å². The summed E-state index contributed by atoms with van der Waals surface area (Å²) in [5.41, 5.74) is 1.62. The summed E-state index contributed by atoms with van der Waals surface area (Å²) in [4.78, 5) is 12.1. The first-order valence-corrected chi connectivity index (χ1v) is 9.86. The molecule has 0 bridgehead atoms. The Hall–Kier alpha value is -2.71. The minimum absolute atomic E-state index is 0.131. The Bertz CT molecular complexity index is 946. The SMILES string of the molecule is COc1ccc(NCc2nnc(SCC(=O)Nc3cccc(Cl)c3)n2C)cc1.